The van der Waals surface area contributed by atoms with E-state index in [0.29, 0.717) is 0 Å². The Hall–Kier alpha value is -1.57. The van der Waals surface area contributed by atoms with Crippen molar-refractivity contribution in [1.82, 2.24) is 9.88 Å². The summed E-state index contributed by atoms with van der Waals surface area (Å²) >= 11 is 1.47. The average Bonchev–Trinajstić information content (AvgIpc) is 3.12. The second-order valence-corrected chi connectivity index (χ2v) is 7.70. The number of nitrogens with zero attached hydrogens (tertiary/aromatic N) is 1. The number of aromatic amines is 1. The Morgan fingerprint density at radius 1 is 1.36 bits per heavy atom. The van der Waals surface area contributed by atoms with Gasteiger partial charge in [-0.25, -0.2) is 0 Å². The quantitative estimate of drug-likeness (QED) is 0.640. The van der Waals surface area contributed by atoms with E-state index in [1.54, 1.807) is 7.11 Å². The summed E-state index contributed by atoms with van der Waals surface area (Å²) in [7, 11) is 1.68. The number of rotatable bonds is 4. The highest BCUT2D eigenvalue weighted by Gasteiger charge is 2.16. The summed E-state index contributed by atoms with van der Waals surface area (Å²) in [5, 5.41) is 3.97. The van der Waals surface area contributed by atoms with E-state index in [0.717, 1.165) is 64.8 Å². The second kappa shape index (κ2) is 9.76. The molecule has 1 aliphatic heterocycles. The number of likely N-dealkylation sites (tertiary alicyclic amines) is 1. The lowest BCUT2D eigenvalue weighted by Gasteiger charge is -2.29. The van der Waals surface area contributed by atoms with Gasteiger partial charge in [-0.05, 0) is 43.0 Å². The normalized spacial score (nSPS) is 17.6. The Labute approximate surface area is 180 Å². The zero-order valence-electron chi connectivity index (χ0n) is 15.6. The molecule has 3 heterocycles. The van der Waals surface area contributed by atoms with Crippen molar-refractivity contribution in [1.29, 1.82) is 0 Å². The summed E-state index contributed by atoms with van der Waals surface area (Å²) in [6, 6.07) is 6.11. The summed E-state index contributed by atoms with van der Waals surface area (Å²) in [6.45, 7) is 2.90. The molecule has 2 aromatic heterocycles. The number of thiophene rings is 1. The van der Waals surface area contributed by atoms with E-state index < -0.39 is 0 Å². The number of H-pyrrole nitrogens is 1. The van der Waals surface area contributed by atoms with Gasteiger partial charge in [0.1, 0.15) is 10.4 Å². The first-order valence-electron chi connectivity index (χ1n) is 8.92. The molecule has 0 aliphatic carbocycles. The molecule has 3 aromatic rings. The maximum Gasteiger partial charge on any atom is 0.266 e. The fraction of sp³-hybridized carbons (Fsp3) is 0.350. The first-order valence-corrected chi connectivity index (χ1v) is 9.80. The molecule has 1 saturated heterocycles. The molecule has 0 saturated carbocycles. The molecule has 28 heavy (non-hydrogen) atoms. The molecular weight excluding hydrogens is 417 g/mol. The van der Waals surface area contributed by atoms with Crippen LogP contribution in [0.15, 0.2) is 34.4 Å². The van der Waals surface area contributed by atoms with Crippen molar-refractivity contribution >= 4 is 63.2 Å². The Balaban J connectivity index is 0.00000140. The van der Waals surface area contributed by atoms with Crippen LogP contribution in [0.5, 0.6) is 5.75 Å². The number of piperidine rings is 1. The molecule has 0 amide bonds. The first kappa shape index (κ1) is 22.7. The van der Waals surface area contributed by atoms with Gasteiger partial charge in [-0.1, -0.05) is 12.2 Å². The van der Waals surface area contributed by atoms with Crippen LogP contribution in [0.25, 0.3) is 27.1 Å². The van der Waals surface area contributed by atoms with Crippen LogP contribution in [0.2, 0.25) is 0 Å². The van der Waals surface area contributed by atoms with Gasteiger partial charge < -0.3 is 15.5 Å². The lowest BCUT2D eigenvalue weighted by atomic mass is 10.0. The van der Waals surface area contributed by atoms with Crippen molar-refractivity contribution < 1.29 is 4.74 Å². The second-order valence-electron chi connectivity index (χ2n) is 6.79. The van der Waals surface area contributed by atoms with Crippen LogP contribution < -0.4 is 16.0 Å². The Bertz CT molecular complexity index is 1030. The topological polar surface area (TPSA) is 71.4 Å². The molecule has 1 unspecified atom stereocenters. The van der Waals surface area contributed by atoms with Crippen molar-refractivity contribution in [3.63, 3.8) is 0 Å². The highest BCUT2D eigenvalue weighted by Crippen LogP contribution is 2.34. The van der Waals surface area contributed by atoms with Crippen molar-refractivity contribution in [2.24, 2.45) is 5.73 Å². The molecular formula is C20H25Cl2N3O2S. The number of ether oxygens (including phenoxy) is 1. The van der Waals surface area contributed by atoms with E-state index in [9.17, 15) is 4.79 Å². The number of hydrogen-bond acceptors (Lipinski definition) is 5. The smallest absolute Gasteiger partial charge is 0.266 e. The van der Waals surface area contributed by atoms with Gasteiger partial charge in [0.2, 0.25) is 0 Å². The fourth-order valence-electron chi connectivity index (χ4n) is 3.78. The largest absolute Gasteiger partial charge is 0.496 e. The van der Waals surface area contributed by atoms with Gasteiger partial charge in [-0.15, -0.1) is 36.2 Å². The van der Waals surface area contributed by atoms with Crippen molar-refractivity contribution in [2.45, 2.75) is 18.9 Å². The van der Waals surface area contributed by atoms with E-state index in [2.05, 4.69) is 22.0 Å². The Morgan fingerprint density at radius 3 is 2.93 bits per heavy atom. The number of nitrogens with two attached hydrogens (primary N) is 1. The molecule has 0 radical (unpaired) electrons. The first-order chi connectivity index (χ1) is 12.7. The molecule has 4 rings (SSSR count). The average molecular weight is 442 g/mol. The van der Waals surface area contributed by atoms with E-state index >= 15 is 0 Å². The van der Waals surface area contributed by atoms with Crippen LogP contribution in [0.4, 0.5) is 0 Å². The molecule has 5 nitrogen and oxygen atoms in total. The minimum atomic E-state index is -0.0371. The number of benzene rings is 1. The van der Waals surface area contributed by atoms with Crippen LogP contribution >= 0.6 is 36.2 Å². The summed E-state index contributed by atoms with van der Waals surface area (Å²) < 4.78 is 6.35. The van der Waals surface area contributed by atoms with Crippen molar-refractivity contribution in [3.8, 4) is 5.75 Å². The van der Waals surface area contributed by atoms with Crippen LogP contribution in [-0.2, 0) is 0 Å². The van der Waals surface area contributed by atoms with E-state index in [1.807, 2.05) is 23.6 Å². The lowest BCUT2D eigenvalue weighted by Crippen LogP contribution is -2.42. The standard InChI is InChI=1S/C20H23N3O2S.2ClH/c1-25-17-7-6-16-18(15-8-11-26-19(15)20(24)22-16)14(17)5-3-10-23-9-2-4-13(21)12-23;;/h3,5-8,11,13H,2,4,9-10,12,21H2,1H3,(H,22,24);2*1H. The molecule has 0 bridgehead atoms. The summed E-state index contributed by atoms with van der Waals surface area (Å²) in [5.41, 5.74) is 7.88. The number of hydrogen-bond donors (Lipinski definition) is 2. The number of aromatic nitrogens is 1. The summed E-state index contributed by atoms with van der Waals surface area (Å²) in [6.07, 6.45) is 6.54. The predicted molar refractivity (Wildman–Crippen MR) is 124 cm³/mol. The van der Waals surface area contributed by atoms with Gasteiger partial charge in [0.25, 0.3) is 5.56 Å². The molecule has 1 atom stereocenters. The van der Waals surface area contributed by atoms with Crippen molar-refractivity contribution in [2.75, 3.05) is 26.7 Å². The molecule has 0 spiro atoms. The van der Waals surface area contributed by atoms with Gasteiger partial charge in [0.15, 0.2) is 0 Å². The van der Waals surface area contributed by atoms with Crippen LogP contribution in [-0.4, -0.2) is 42.7 Å². The Morgan fingerprint density at radius 2 is 2.18 bits per heavy atom. The number of pyridine rings is 1. The predicted octanol–water partition coefficient (Wildman–Crippen LogP) is 4.03. The van der Waals surface area contributed by atoms with E-state index in [1.165, 1.54) is 11.3 Å². The minimum absolute atomic E-state index is 0. The fourth-order valence-corrected chi connectivity index (χ4v) is 4.57. The molecule has 1 aliphatic rings. The van der Waals surface area contributed by atoms with Crippen LogP contribution in [0.3, 0.4) is 0 Å². The lowest BCUT2D eigenvalue weighted by molar-refractivity contribution is 0.229. The summed E-state index contributed by atoms with van der Waals surface area (Å²) in [4.78, 5) is 17.6. The molecule has 8 heteroatoms. The molecule has 152 valence electrons. The van der Waals surface area contributed by atoms with E-state index in [-0.39, 0.29) is 36.4 Å². The third kappa shape index (κ3) is 4.36. The molecule has 1 fully saturated rings. The van der Waals surface area contributed by atoms with E-state index in [4.69, 9.17) is 10.5 Å². The van der Waals surface area contributed by atoms with Gasteiger partial charge in [0, 0.05) is 41.0 Å². The SMILES string of the molecule is COc1ccc2[nH]c(=O)c3sccc3c2c1C=CCN1CCCC(N)C1.Cl.Cl. The molecule has 1 aromatic carbocycles. The number of nitrogens with one attached hydrogen (secondary N) is 1. The zero-order chi connectivity index (χ0) is 18.1. The highest BCUT2D eigenvalue weighted by atomic mass is 35.5. The maximum atomic E-state index is 12.3. The van der Waals surface area contributed by atoms with Crippen molar-refractivity contribution in [3.05, 3.63) is 45.6 Å². The van der Waals surface area contributed by atoms with Gasteiger partial charge in [-0.3, -0.25) is 9.69 Å². The third-order valence-electron chi connectivity index (χ3n) is 5.00. The van der Waals surface area contributed by atoms with Gasteiger partial charge in [0.05, 0.1) is 7.11 Å². The highest BCUT2D eigenvalue weighted by molar-refractivity contribution is 7.17. The third-order valence-corrected chi connectivity index (χ3v) is 5.92. The van der Waals surface area contributed by atoms with Gasteiger partial charge in [-0.2, -0.15) is 0 Å². The Kier molecular flexibility index (Phi) is 7.92. The number of halogens is 2. The number of methoxy groups -OCH3 is 1. The van der Waals surface area contributed by atoms with Gasteiger partial charge >= 0.3 is 0 Å². The maximum absolute atomic E-state index is 12.3. The van der Waals surface area contributed by atoms with Crippen LogP contribution in [0.1, 0.15) is 18.4 Å². The number of fused-ring (bicyclic) bond motifs is 3. The minimum Gasteiger partial charge on any atom is -0.496 e. The monoisotopic (exact) mass is 441 g/mol. The summed E-state index contributed by atoms with van der Waals surface area (Å²) in [5.74, 6) is 0.809. The molecule has 3 N–H and O–H groups in total. The van der Waals surface area contributed by atoms with Crippen LogP contribution in [0, 0.1) is 0 Å². The zero-order valence-corrected chi connectivity index (χ0v) is 18.1.